The molecule has 6 heteroatoms. The third-order valence-corrected chi connectivity index (χ3v) is 4.97. The summed E-state index contributed by atoms with van der Waals surface area (Å²) in [6, 6.07) is -0.109. The zero-order valence-corrected chi connectivity index (χ0v) is 12.8. The van der Waals surface area contributed by atoms with Gasteiger partial charge in [0.05, 0.1) is 6.54 Å². The van der Waals surface area contributed by atoms with Gasteiger partial charge < -0.3 is 5.32 Å². The van der Waals surface area contributed by atoms with E-state index in [9.17, 15) is 17.6 Å². The Kier molecular flexibility index (Phi) is 5.19. The molecule has 2 aliphatic rings. The van der Waals surface area contributed by atoms with Crippen molar-refractivity contribution in [2.45, 2.75) is 69.9 Å². The second-order valence-electron chi connectivity index (χ2n) is 7.00. The second kappa shape index (κ2) is 6.41. The van der Waals surface area contributed by atoms with Crippen molar-refractivity contribution in [3.63, 3.8) is 0 Å². The van der Waals surface area contributed by atoms with Crippen LogP contribution in [0, 0.1) is 5.92 Å². The first-order valence-electron chi connectivity index (χ1n) is 7.91. The molecule has 21 heavy (non-hydrogen) atoms. The van der Waals surface area contributed by atoms with Crippen molar-refractivity contribution in [3.05, 3.63) is 0 Å². The molecule has 1 heterocycles. The molecule has 1 atom stereocenters. The quantitative estimate of drug-likeness (QED) is 0.799. The van der Waals surface area contributed by atoms with E-state index in [1.165, 1.54) is 6.42 Å². The standard InChI is InChI=1S/C15H26F4N2/c1-11(2)12-8-20-14(6-4-3-5-7-14)9-21(12)10-15(18,19)13(16)17/h11-13,20H,3-10H2,1-2H3. The molecule has 2 rings (SSSR count). The highest BCUT2D eigenvalue weighted by atomic mass is 19.3. The van der Waals surface area contributed by atoms with E-state index in [1.807, 2.05) is 13.8 Å². The van der Waals surface area contributed by atoms with Gasteiger partial charge in [-0.05, 0) is 18.8 Å². The van der Waals surface area contributed by atoms with Crippen molar-refractivity contribution in [2.75, 3.05) is 19.6 Å². The van der Waals surface area contributed by atoms with E-state index in [4.69, 9.17) is 0 Å². The fourth-order valence-electron chi connectivity index (χ4n) is 3.75. The Labute approximate surface area is 124 Å². The van der Waals surface area contributed by atoms with Crippen LogP contribution in [-0.2, 0) is 0 Å². The van der Waals surface area contributed by atoms with Crippen LogP contribution >= 0.6 is 0 Å². The smallest absolute Gasteiger partial charge is 0.308 e. The number of nitrogens with one attached hydrogen (secondary N) is 1. The van der Waals surface area contributed by atoms with Crippen LogP contribution in [0.2, 0.25) is 0 Å². The number of halogens is 4. The highest BCUT2D eigenvalue weighted by molar-refractivity contribution is 5.01. The van der Waals surface area contributed by atoms with Crippen LogP contribution in [0.3, 0.4) is 0 Å². The zero-order chi connectivity index (χ0) is 15.7. The van der Waals surface area contributed by atoms with E-state index in [0.717, 1.165) is 25.7 Å². The van der Waals surface area contributed by atoms with E-state index in [2.05, 4.69) is 5.32 Å². The maximum absolute atomic E-state index is 13.5. The average molecular weight is 310 g/mol. The highest BCUT2D eigenvalue weighted by Crippen LogP contribution is 2.35. The molecule has 124 valence electrons. The minimum Gasteiger partial charge on any atom is -0.308 e. The van der Waals surface area contributed by atoms with Crippen molar-refractivity contribution in [2.24, 2.45) is 5.92 Å². The molecule has 1 saturated heterocycles. The topological polar surface area (TPSA) is 15.3 Å². The summed E-state index contributed by atoms with van der Waals surface area (Å²) in [5, 5.41) is 3.54. The molecular weight excluding hydrogens is 284 g/mol. The minimum absolute atomic E-state index is 0.109. The van der Waals surface area contributed by atoms with Crippen molar-refractivity contribution >= 4 is 0 Å². The van der Waals surface area contributed by atoms with Gasteiger partial charge in [0.2, 0.25) is 0 Å². The molecule has 2 nitrogen and oxygen atoms in total. The Bertz CT molecular complexity index is 341. The molecule has 1 unspecified atom stereocenters. The maximum Gasteiger partial charge on any atom is 0.319 e. The summed E-state index contributed by atoms with van der Waals surface area (Å²) in [6.45, 7) is 4.14. The van der Waals surface area contributed by atoms with Gasteiger partial charge in [-0.3, -0.25) is 4.90 Å². The lowest BCUT2D eigenvalue weighted by Gasteiger charge is -2.51. The van der Waals surface area contributed by atoms with E-state index in [0.29, 0.717) is 13.1 Å². The SMILES string of the molecule is CC(C)C1CNC2(CCCCC2)CN1CC(F)(F)C(F)F. The Morgan fingerprint density at radius 3 is 2.33 bits per heavy atom. The highest BCUT2D eigenvalue weighted by Gasteiger charge is 2.48. The third kappa shape index (κ3) is 3.89. The third-order valence-electron chi connectivity index (χ3n) is 4.97. The molecule has 0 aromatic heterocycles. The average Bonchev–Trinajstić information content (AvgIpc) is 2.38. The Morgan fingerprint density at radius 1 is 1.19 bits per heavy atom. The Morgan fingerprint density at radius 2 is 1.81 bits per heavy atom. The zero-order valence-electron chi connectivity index (χ0n) is 12.8. The summed E-state index contributed by atoms with van der Waals surface area (Å²) in [5.74, 6) is -3.77. The van der Waals surface area contributed by atoms with E-state index in [-0.39, 0.29) is 17.5 Å². The predicted molar refractivity (Wildman–Crippen MR) is 75.0 cm³/mol. The predicted octanol–water partition coefficient (Wildman–Crippen LogP) is 3.52. The van der Waals surface area contributed by atoms with Gasteiger partial charge in [0.1, 0.15) is 0 Å². The molecule has 1 N–H and O–H groups in total. The number of piperazine rings is 1. The Hall–Kier alpha value is -0.360. The summed E-state index contributed by atoms with van der Waals surface area (Å²) in [7, 11) is 0. The number of hydrogen-bond donors (Lipinski definition) is 1. The summed E-state index contributed by atoms with van der Waals surface area (Å²) in [6.07, 6.45) is 1.65. The minimum atomic E-state index is -3.93. The summed E-state index contributed by atoms with van der Waals surface area (Å²) < 4.78 is 52.1. The summed E-state index contributed by atoms with van der Waals surface area (Å²) >= 11 is 0. The fraction of sp³-hybridized carbons (Fsp3) is 1.00. The van der Waals surface area contributed by atoms with Crippen LogP contribution in [0.5, 0.6) is 0 Å². The van der Waals surface area contributed by atoms with Gasteiger partial charge in [0, 0.05) is 24.7 Å². The van der Waals surface area contributed by atoms with Crippen molar-refractivity contribution in [1.29, 1.82) is 0 Å². The molecule has 2 fully saturated rings. The van der Waals surface area contributed by atoms with Gasteiger partial charge in [-0.1, -0.05) is 33.1 Å². The molecule has 1 spiro atoms. The van der Waals surface area contributed by atoms with Crippen LogP contribution < -0.4 is 5.32 Å². The first-order valence-corrected chi connectivity index (χ1v) is 7.91. The molecule has 0 radical (unpaired) electrons. The van der Waals surface area contributed by atoms with Crippen LogP contribution in [-0.4, -0.2) is 48.5 Å². The lowest BCUT2D eigenvalue weighted by atomic mass is 9.78. The Balaban J connectivity index is 2.11. The van der Waals surface area contributed by atoms with E-state index in [1.54, 1.807) is 4.90 Å². The second-order valence-corrected chi connectivity index (χ2v) is 7.00. The molecule has 1 aliphatic heterocycles. The lowest BCUT2D eigenvalue weighted by molar-refractivity contribution is -0.154. The number of nitrogens with zero attached hydrogens (tertiary/aromatic N) is 1. The van der Waals surface area contributed by atoms with E-state index >= 15 is 0 Å². The van der Waals surface area contributed by atoms with Gasteiger partial charge in [-0.2, -0.15) is 8.78 Å². The molecule has 0 amide bonds. The molecule has 0 aromatic rings. The normalized spacial score (nSPS) is 27.7. The van der Waals surface area contributed by atoms with Crippen molar-refractivity contribution in [1.82, 2.24) is 10.2 Å². The van der Waals surface area contributed by atoms with Crippen LogP contribution in [0.4, 0.5) is 17.6 Å². The summed E-state index contributed by atoms with van der Waals surface area (Å²) in [4.78, 5) is 1.61. The fourth-order valence-corrected chi connectivity index (χ4v) is 3.75. The van der Waals surface area contributed by atoms with Gasteiger partial charge in [0.25, 0.3) is 0 Å². The molecule has 0 bridgehead atoms. The van der Waals surface area contributed by atoms with Crippen LogP contribution in [0.15, 0.2) is 0 Å². The van der Waals surface area contributed by atoms with Crippen molar-refractivity contribution < 1.29 is 17.6 Å². The number of hydrogen-bond acceptors (Lipinski definition) is 2. The molecule has 1 saturated carbocycles. The van der Waals surface area contributed by atoms with Gasteiger partial charge >= 0.3 is 12.3 Å². The van der Waals surface area contributed by atoms with Gasteiger partial charge in [0.15, 0.2) is 0 Å². The molecular formula is C15H26F4N2. The summed E-state index contributed by atoms with van der Waals surface area (Å²) in [5.41, 5.74) is -0.151. The maximum atomic E-state index is 13.5. The van der Waals surface area contributed by atoms with Gasteiger partial charge in [-0.25, -0.2) is 8.78 Å². The largest absolute Gasteiger partial charge is 0.319 e. The van der Waals surface area contributed by atoms with Crippen LogP contribution in [0.25, 0.3) is 0 Å². The molecule has 0 aromatic carbocycles. The lowest BCUT2D eigenvalue weighted by Crippen LogP contribution is -2.67. The van der Waals surface area contributed by atoms with Crippen LogP contribution in [0.1, 0.15) is 46.0 Å². The van der Waals surface area contributed by atoms with Crippen molar-refractivity contribution in [3.8, 4) is 0 Å². The number of rotatable bonds is 4. The number of alkyl halides is 4. The van der Waals surface area contributed by atoms with E-state index < -0.39 is 18.9 Å². The monoisotopic (exact) mass is 310 g/mol. The molecule has 1 aliphatic carbocycles. The first kappa shape index (κ1) is 17.0. The van der Waals surface area contributed by atoms with Gasteiger partial charge in [-0.15, -0.1) is 0 Å². The first-order chi connectivity index (χ1) is 9.76.